The first-order chi connectivity index (χ1) is 7.95. The Morgan fingerprint density at radius 2 is 2.24 bits per heavy atom. The highest BCUT2D eigenvalue weighted by atomic mass is 32.2. The van der Waals surface area contributed by atoms with Gasteiger partial charge in [-0.1, -0.05) is 13.3 Å². The Morgan fingerprint density at radius 3 is 2.82 bits per heavy atom. The molecule has 0 aliphatic rings. The summed E-state index contributed by atoms with van der Waals surface area (Å²) in [4.78, 5) is 3.21. The van der Waals surface area contributed by atoms with E-state index in [1.165, 1.54) is 0 Å². The Morgan fingerprint density at radius 1 is 1.53 bits per heavy atom. The molecular formula is C10H15FN2O3S. The van der Waals surface area contributed by atoms with Crippen molar-refractivity contribution in [3.05, 3.63) is 24.3 Å². The van der Waals surface area contributed by atoms with Gasteiger partial charge in [-0.25, -0.2) is 17.5 Å². The first kappa shape index (κ1) is 14.0. The van der Waals surface area contributed by atoms with Crippen LogP contribution in [0.1, 0.15) is 19.8 Å². The zero-order chi connectivity index (χ0) is 12.9. The van der Waals surface area contributed by atoms with Gasteiger partial charge >= 0.3 is 0 Å². The highest BCUT2D eigenvalue weighted by Gasteiger charge is 2.16. The third-order valence-corrected chi connectivity index (χ3v) is 3.51. The van der Waals surface area contributed by atoms with Crippen molar-refractivity contribution in [3.8, 4) is 0 Å². The van der Waals surface area contributed by atoms with Gasteiger partial charge in [-0.15, -0.1) is 0 Å². The van der Waals surface area contributed by atoms with E-state index in [0.717, 1.165) is 24.9 Å². The Hall–Kier alpha value is -1.05. The van der Waals surface area contributed by atoms with E-state index < -0.39 is 21.9 Å². The maximum absolute atomic E-state index is 12.8. The SMILES string of the molecule is CCCC(O)CNS(=O)(=O)c1cncc(F)c1. The van der Waals surface area contributed by atoms with Crippen LogP contribution in [0.2, 0.25) is 0 Å². The van der Waals surface area contributed by atoms with Gasteiger partial charge in [-0.2, -0.15) is 0 Å². The summed E-state index contributed by atoms with van der Waals surface area (Å²) >= 11 is 0. The second-order valence-electron chi connectivity index (χ2n) is 3.63. The number of halogens is 1. The van der Waals surface area contributed by atoms with Gasteiger partial charge < -0.3 is 5.11 Å². The van der Waals surface area contributed by atoms with Gasteiger partial charge in [0.15, 0.2) is 0 Å². The van der Waals surface area contributed by atoms with Crippen molar-refractivity contribution in [2.24, 2.45) is 0 Å². The number of rotatable bonds is 6. The van der Waals surface area contributed by atoms with Crippen molar-refractivity contribution in [1.29, 1.82) is 0 Å². The molecule has 0 fully saturated rings. The van der Waals surface area contributed by atoms with E-state index in [4.69, 9.17) is 0 Å². The van der Waals surface area contributed by atoms with Crippen molar-refractivity contribution in [3.63, 3.8) is 0 Å². The lowest BCUT2D eigenvalue weighted by atomic mass is 10.2. The summed E-state index contributed by atoms with van der Waals surface area (Å²) in [7, 11) is -3.81. The van der Waals surface area contributed by atoms with E-state index in [-0.39, 0.29) is 11.4 Å². The number of pyridine rings is 1. The minimum Gasteiger partial charge on any atom is -0.392 e. The van der Waals surface area contributed by atoms with Crippen molar-refractivity contribution >= 4 is 10.0 Å². The van der Waals surface area contributed by atoms with Crippen LogP contribution >= 0.6 is 0 Å². The monoisotopic (exact) mass is 262 g/mol. The third-order valence-electron chi connectivity index (χ3n) is 2.12. The van der Waals surface area contributed by atoms with Gasteiger partial charge in [0, 0.05) is 12.7 Å². The first-order valence-corrected chi connectivity index (χ1v) is 6.72. The van der Waals surface area contributed by atoms with Crippen LogP contribution in [0.5, 0.6) is 0 Å². The van der Waals surface area contributed by atoms with Gasteiger partial charge in [-0.3, -0.25) is 4.98 Å². The van der Waals surface area contributed by atoms with E-state index in [9.17, 15) is 17.9 Å². The number of aromatic nitrogens is 1. The molecule has 1 aromatic heterocycles. The highest BCUT2D eigenvalue weighted by molar-refractivity contribution is 7.89. The van der Waals surface area contributed by atoms with Crippen LogP contribution in [0, 0.1) is 5.82 Å². The normalized spacial score (nSPS) is 13.6. The molecule has 0 spiro atoms. The fourth-order valence-corrected chi connectivity index (χ4v) is 2.31. The van der Waals surface area contributed by atoms with Gasteiger partial charge in [-0.05, 0) is 12.5 Å². The smallest absolute Gasteiger partial charge is 0.242 e. The van der Waals surface area contributed by atoms with Crippen molar-refractivity contribution in [2.45, 2.75) is 30.8 Å². The van der Waals surface area contributed by atoms with E-state index in [1.54, 1.807) is 0 Å². The van der Waals surface area contributed by atoms with Crippen molar-refractivity contribution in [2.75, 3.05) is 6.54 Å². The topological polar surface area (TPSA) is 79.3 Å². The number of hydrogen-bond donors (Lipinski definition) is 2. The number of aliphatic hydroxyl groups excluding tert-OH is 1. The molecule has 1 rings (SSSR count). The second kappa shape index (κ2) is 6.04. The van der Waals surface area contributed by atoms with Crippen LogP contribution in [0.3, 0.4) is 0 Å². The van der Waals surface area contributed by atoms with E-state index in [1.807, 2.05) is 6.92 Å². The minimum absolute atomic E-state index is 0.0906. The van der Waals surface area contributed by atoms with Crippen LogP contribution in [0.25, 0.3) is 0 Å². The summed E-state index contributed by atoms with van der Waals surface area (Å²) in [6, 6.07) is 0.877. The van der Waals surface area contributed by atoms with Crippen molar-refractivity contribution < 1.29 is 17.9 Å². The number of aliphatic hydroxyl groups is 1. The number of sulfonamides is 1. The maximum Gasteiger partial charge on any atom is 0.242 e. The lowest BCUT2D eigenvalue weighted by Crippen LogP contribution is -2.32. The summed E-state index contributed by atoms with van der Waals surface area (Å²) in [6.45, 7) is 1.79. The minimum atomic E-state index is -3.81. The Balaban J connectivity index is 2.69. The van der Waals surface area contributed by atoms with Gasteiger partial charge in [0.1, 0.15) is 10.7 Å². The molecule has 0 amide bonds. The molecule has 17 heavy (non-hydrogen) atoms. The van der Waals surface area contributed by atoms with E-state index in [2.05, 4.69) is 9.71 Å². The molecule has 0 radical (unpaired) electrons. The van der Waals surface area contributed by atoms with Crippen LogP contribution in [0.4, 0.5) is 4.39 Å². The quantitative estimate of drug-likeness (QED) is 0.789. The maximum atomic E-state index is 12.8. The average molecular weight is 262 g/mol. The van der Waals surface area contributed by atoms with Gasteiger partial charge in [0.25, 0.3) is 0 Å². The molecule has 0 bridgehead atoms. The zero-order valence-corrected chi connectivity index (χ0v) is 10.2. The summed E-state index contributed by atoms with van der Waals surface area (Å²) < 4.78 is 38.3. The number of hydrogen-bond acceptors (Lipinski definition) is 4. The predicted molar refractivity (Wildman–Crippen MR) is 60.3 cm³/mol. The van der Waals surface area contributed by atoms with Crippen LogP contribution < -0.4 is 4.72 Å². The van der Waals surface area contributed by atoms with Gasteiger partial charge in [0.2, 0.25) is 10.0 Å². The first-order valence-electron chi connectivity index (χ1n) is 5.24. The molecule has 5 nitrogen and oxygen atoms in total. The highest BCUT2D eigenvalue weighted by Crippen LogP contribution is 2.08. The molecule has 1 atom stereocenters. The molecule has 1 aromatic rings. The fraction of sp³-hybridized carbons (Fsp3) is 0.500. The standard InChI is InChI=1S/C10H15FN2O3S/c1-2-3-9(14)6-13-17(15,16)10-4-8(11)5-12-7-10/h4-5,7,9,13-14H,2-3,6H2,1H3. The number of nitrogens with zero attached hydrogens (tertiary/aromatic N) is 1. The molecule has 2 N–H and O–H groups in total. The lowest BCUT2D eigenvalue weighted by Gasteiger charge is -2.11. The summed E-state index contributed by atoms with van der Waals surface area (Å²) in [5.41, 5.74) is 0. The molecule has 0 aliphatic carbocycles. The van der Waals surface area contributed by atoms with Crippen LogP contribution in [-0.4, -0.2) is 31.2 Å². The average Bonchev–Trinajstić information content (AvgIpc) is 2.27. The molecular weight excluding hydrogens is 247 g/mol. The van der Waals surface area contributed by atoms with Crippen LogP contribution in [-0.2, 0) is 10.0 Å². The predicted octanol–water partition coefficient (Wildman–Crippen LogP) is 0.660. The van der Waals surface area contributed by atoms with Gasteiger partial charge in [0.05, 0.1) is 12.3 Å². The largest absolute Gasteiger partial charge is 0.392 e. The fourth-order valence-electron chi connectivity index (χ4n) is 1.26. The second-order valence-corrected chi connectivity index (χ2v) is 5.40. The molecule has 1 heterocycles. The molecule has 7 heteroatoms. The Labute approximate surface area is 99.7 Å². The van der Waals surface area contributed by atoms with Crippen molar-refractivity contribution in [1.82, 2.24) is 9.71 Å². The number of nitrogens with one attached hydrogen (secondary N) is 1. The zero-order valence-electron chi connectivity index (χ0n) is 9.43. The molecule has 0 saturated heterocycles. The van der Waals surface area contributed by atoms with E-state index in [0.29, 0.717) is 6.42 Å². The Kier molecular flexibility index (Phi) is 4.98. The molecule has 0 aliphatic heterocycles. The molecule has 96 valence electrons. The molecule has 1 unspecified atom stereocenters. The molecule has 0 aromatic carbocycles. The summed E-state index contributed by atoms with van der Waals surface area (Å²) in [5, 5.41) is 9.40. The summed E-state index contributed by atoms with van der Waals surface area (Å²) in [5.74, 6) is -0.720. The Bertz CT molecular complexity index is 464. The lowest BCUT2D eigenvalue weighted by molar-refractivity contribution is 0.167. The summed E-state index contributed by atoms with van der Waals surface area (Å²) in [6.07, 6.45) is 2.49. The van der Waals surface area contributed by atoms with E-state index >= 15 is 0 Å². The molecule has 0 saturated carbocycles. The van der Waals surface area contributed by atoms with Crippen LogP contribution in [0.15, 0.2) is 23.4 Å². The third kappa shape index (κ3) is 4.37.